The third-order valence-electron chi connectivity index (χ3n) is 2.38. The number of alkyl halides is 1. The highest BCUT2D eigenvalue weighted by Gasteiger charge is 2.38. The molecule has 0 unspecified atom stereocenters. The molecule has 0 radical (unpaired) electrons. The molecule has 0 aliphatic heterocycles. The molecule has 1 aromatic rings. The Kier molecular flexibility index (Phi) is 4.16. The van der Waals surface area contributed by atoms with E-state index < -0.39 is 20.5 Å². The molecule has 0 saturated heterocycles. The van der Waals surface area contributed by atoms with Crippen molar-refractivity contribution in [2.75, 3.05) is 11.6 Å². The molecular weight excluding hydrogens is 284 g/mol. The number of nitrogens with one attached hydrogen (secondary N) is 1. The standard InChI is InChI=1S/C9H13ClN2O3S2/c1-9(2,17(3,14)15)7(13)12-8-11-6(4-10)5-16-8/h5H,4H2,1-3H3,(H,11,12,13). The Morgan fingerprint density at radius 1 is 1.59 bits per heavy atom. The van der Waals surface area contributed by atoms with Crippen LogP contribution in [0, 0.1) is 0 Å². The van der Waals surface area contributed by atoms with E-state index in [4.69, 9.17) is 11.6 Å². The van der Waals surface area contributed by atoms with Gasteiger partial charge in [0.1, 0.15) is 4.75 Å². The summed E-state index contributed by atoms with van der Waals surface area (Å²) in [5.41, 5.74) is 0.643. The van der Waals surface area contributed by atoms with Crippen molar-refractivity contribution >= 4 is 43.8 Å². The molecule has 0 aromatic carbocycles. The van der Waals surface area contributed by atoms with Crippen molar-refractivity contribution in [2.45, 2.75) is 24.5 Å². The zero-order valence-electron chi connectivity index (χ0n) is 9.65. The first-order chi connectivity index (χ1) is 7.68. The minimum atomic E-state index is -3.48. The largest absolute Gasteiger partial charge is 0.301 e. The monoisotopic (exact) mass is 296 g/mol. The fourth-order valence-corrected chi connectivity index (χ4v) is 2.16. The molecule has 0 aliphatic rings. The predicted molar refractivity (Wildman–Crippen MR) is 69.2 cm³/mol. The summed E-state index contributed by atoms with van der Waals surface area (Å²) in [4.78, 5) is 15.8. The van der Waals surface area contributed by atoms with Gasteiger partial charge in [0, 0.05) is 11.6 Å². The van der Waals surface area contributed by atoms with Gasteiger partial charge in [-0.15, -0.1) is 22.9 Å². The normalized spacial score (nSPS) is 12.5. The lowest BCUT2D eigenvalue weighted by molar-refractivity contribution is -0.117. The van der Waals surface area contributed by atoms with Crippen LogP contribution >= 0.6 is 22.9 Å². The molecule has 1 heterocycles. The summed E-state index contributed by atoms with van der Waals surface area (Å²) in [5, 5.41) is 4.53. The van der Waals surface area contributed by atoms with E-state index in [0.29, 0.717) is 10.8 Å². The number of thiazole rings is 1. The molecule has 0 spiro atoms. The highest BCUT2D eigenvalue weighted by Crippen LogP contribution is 2.21. The van der Waals surface area contributed by atoms with Crippen LogP contribution in [0.5, 0.6) is 0 Å². The predicted octanol–water partition coefficient (Wildman–Crippen LogP) is 1.64. The van der Waals surface area contributed by atoms with Crippen molar-refractivity contribution in [1.82, 2.24) is 4.98 Å². The number of aromatic nitrogens is 1. The van der Waals surface area contributed by atoms with E-state index in [9.17, 15) is 13.2 Å². The second-order valence-electron chi connectivity index (χ2n) is 4.01. The van der Waals surface area contributed by atoms with E-state index in [-0.39, 0.29) is 5.88 Å². The van der Waals surface area contributed by atoms with Gasteiger partial charge in [-0.05, 0) is 13.8 Å². The van der Waals surface area contributed by atoms with Gasteiger partial charge in [0.2, 0.25) is 5.91 Å². The van der Waals surface area contributed by atoms with E-state index in [2.05, 4.69) is 10.3 Å². The van der Waals surface area contributed by atoms with Crippen LogP contribution in [0.15, 0.2) is 5.38 Å². The summed E-state index contributed by atoms with van der Waals surface area (Å²) in [6.45, 7) is 2.71. The van der Waals surface area contributed by atoms with E-state index in [1.807, 2.05) is 0 Å². The number of hydrogen-bond acceptors (Lipinski definition) is 5. The Balaban J connectivity index is 2.86. The Labute approximate surface area is 109 Å². The Bertz CT molecular complexity index is 522. The maximum Gasteiger partial charge on any atom is 0.247 e. The first-order valence-electron chi connectivity index (χ1n) is 4.70. The number of nitrogens with zero attached hydrogens (tertiary/aromatic N) is 1. The molecular formula is C9H13ClN2O3S2. The van der Waals surface area contributed by atoms with Gasteiger partial charge in [-0.25, -0.2) is 13.4 Å². The molecule has 0 bridgehead atoms. The van der Waals surface area contributed by atoms with Gasteiger partial charge in [0.15, 0.2) is 15.0 Å². The summed E-state index contributed by atoms with van der Waals surface area (Å²) < 4.78 is 21.4. The number of anilines is 1. The summed E-state index contributed by atoms with van der Waals surface area (Å²) in [6, 6.07) is 0. The van der Waals surface area contributed by atoms with Gasteiger partial charge in [-0.1, -0.05) is 0 Å². The fraction of sp³-hybridized carbons (Fsp3) is 0.556. The molecule has 1 N–H and O–H groups in total. The number of rotatable bonds is 4. The van der Waals surface area contributed by atoms with Crippen molar-refractivity contribution in [3.8, 4) is 0 Å². The molecule has 1 aromatic heterocycles. The maximum absolute atomic E-state index is 11.8. The van der Waals surface area contributed by atoms with Gasteiger partial charge in [0.05, 0.1) is 11.6 Å². The molecule has 0 saturated carbocycles. The van der Waals surface area contributed by atoms with E-state index in [1.54, 1.807) is 5.38 Å². The first kappa shape index (κ1) is 14.4. The molecule has 5 nitrogen and oxygen atoms in total. The van der Waals surface area contributed by atoms with Crippen LogP contribution in [0.2, 0.25) is 0 Å². The Morgan fingerprint density at radius 2 is 2.18 bits per heavy atom. The van der Waals surface area contributed by atoms with Crippen LogP contribution in [-0.4, -0.2) is 30.3 Å². The molecule has 1 rings (SSSR count). The highest BCUT2D eigenvalue weighted by atomic mass is 35.5. The van der Waals surface area contributed by atoms with Crippen molar-refractivity contribution < 1.29 is 13.2 Å². The van der Waals surface area contributed by atoms with Gasteiger partial charge in [0.25, 0.3) is 0 Å². The van der Waals surface area contributed by atoms with Crippen LogP contribution in [0.1, 0.15) is 19.5 Å². The molecule has 0 aliphatic carbocycles. The average molecular weight is 297 g/mol. The van der Waals surface area contributed by atoms with Crippen molar-refractivity contribution in [3.05, 3.63) is 11.1 Å². The van der Waals surface area contributed by atoms with Crippen molar-refractivity contribution in [2.24, 2.45) is 0 Å². The second kappa shape index (κ2) is 4.91. The Hall–Kier alpha value is -0.660. The zero-order chi connectivity index (χ0) is 13.3. The van der Waals surface area contributed by atoms with Crippen LogP contribution < -0.4 is 5.32 Å². The quantitative estimate of drug-likeness (QED) is 0.857. The van der Waals surface area contributed by atoms with Gasteiger partial charge >= 0.3 is 0 Å². The van der Waals surface area contributed by atoms with Crippen LogP contribution in [0.3, 0.4) is 0 Å². The molecule has 0 fully saturated rings. The summed E-state index contributed by atoms with van der Waals surface area (Å²) >= 11 is 6.78. The smallest absolute Gasteiger partial charge is 0.247 e. The lowest BCUT2D eigenvalue weighted by Crippen LogP contribution is -2.43. The number of hydrogen-bond donors (Lipinski definition) is 1. The number of carbonyl (C=O) groups excluding carboxylic acids is 1. The third-order valence-corrected chi connectivity index (χ3v) is 5.50. The van der Waals surface area contributed by atoms with Crippen LogP contribution in [-0.2, 0) is 20.5 Å². The van der Waals surface area contributed by atoms with Crippen molar-refractivity contribution in [3.63, 3.8) is 0 Å². The molecule has 0 atom stereocenters. The van der Waals surface area contributed by atoms with Gasteiger partial charge in [-0.2, -0.15) is 0 Å². The van der Waals surface area contributed by atoms with Gasteiger partial charge < -0.3 is 5.32 Å². The van der Waals surface area contributed by atoms with Gasteiger partial charge in [-0.3, -0.25) is 4.79 Å². The number of halogens is 1. The highest BCUT2D eigenvalue weighted by molar-refractivity contribution is 7.92. The van der Waals surface area contributed by atoms with E-state index in [1.165, 1.54) is 25.2 Å². The van der Waals surface area contributed by atoms with E-state index >= 15 is 0 Å². The summed E-state index contributed by atoms with van der Waals surface area (Å²) in [5.74, 6) is -0.350. The zero-order valence-corrected chi connectivity index (χ0v) is 12.0. The lowest BCUT2D eigenvalue weighted by Gasteiger charge is -2.20. The van der Waals surface area contributed by atoms with Crippen LogP contribution in [0.4, 0.5) is 5.13 Å². The van der Waals surface area contributed by atoms with E-state index in [0.717, 1.165) is 6.26 Å². The van der Waals surface area contributed by atoms with Crippen LogP contribution in [0.25, 0.3) is 0 Å². The SMILES string of the molecule is CC(C)(C(=O)Nc1nc(CCl)cs1)S(C)(=O)=O. The number of carbonyl (C=O) groups is 1. The molecule has 17 heavy (non-hydrogen) atoms. The molecule has 1 amide bonds. The summed E-state index contributed by atoms with van der Waals surface area (Å²) in [6.07, 6.45) is 1.03. The molecule has 96 valence electrons. The second-order valence-corrected chi connectivity index (χ2v) is 7.70. The topological polar surface area (TPSA) is 76.1 Å². The lowest BCUT2D eigenvalue weighted by atomic mass is 10.2. The third kappa shape index (κ3) is 3.17. The minimum absolute atomic E-state index is 0.252. The maximum atomic E-state index is 11.8. The molecule has 8 heteroatoms. The first-order valence-corrected chi connectivity index (χ1v) is 8.00. The minimum Gasteiger partial charge on any atom is -0.301 e. The fourth-order valence-electron chi connectivity index (χ4n) is 0.842. The number of sulfone groups is 1. The summed E-state index contributed by atoms with van der Waals surface area (Å²) in [7, 11) is -3.48. The number of amides is 1. The average Bonchev–Trinajstić information content (AvgIpc) is 2.63. The van der Waals surface area contributed by atoms with Crippen molar-refractivity contribution in [1.29, 1.82) is 0 Å². The Morgan fingerprint density at radius 3 is 2.59 bits per heavy atom.